The van der Waals surface area contributed by atoms with Crippen LogP contribution in [0, 0.1) is 11.6 Å². The molecule has 0 unspecified atom stereocenters. The van der Waals surface area contributed by atoms with Crippen LogP contribution in [-0.4, -0.2) is 18.4 Å². The molecular weight excluding hydrogens is 430 g/mol. The van der Waals surface area contributed by atoms with Crippen molar-refractivity contribution < 1.29 is 27.8 Å². The average molecular weight is 447 g/mol. The minimum atomic E-state index is -0.933. The number of nitrogens with one attached hydrogen (secondary N) is 2. The molecule has 3 rings (SSSR count). The van der Waals surface area contributed by atoms with Crippen molar-refractivity contribution in [2.24, 2.45) is 0 Å². The molecule has 2 amide bonds. The minimum Gasteiger partial charge on any atom is -0.489 e. The Morgan fingerprint density at radius 2 is 1.58 bits per heavy atom. The summed E-state index contributed by atoms with van der Waals surface area (Å²) in [5, 5.41) is 0.615. The van der Waals surface area contributed by atoms with Gasteiger partial charge >= 0.3 is 0 Å². The van der Waals surface area contributed by atoms with Gasteiger partial charge in [-0.25, -0.2) is 8.78 Å². The second kappa shape index (κ2) is 10.4. The fraction of sp³-hybridized carbons (Fsp3) is 0.0909. The number of hydrogen-bond acceptors (Lipinski definition) is 4. The summed E-state index contributed by atoms with van der Waals surface area (Å²) >= 11 is 5.82. The standard InChI is InChI=1S/C22H17ClF2N2O4/c23-16-5-8-18(9-6-16)30-12-14-1-3-15(4-2-14)22(29)27-26-21(28)13-31-20-10-7-17(24)11-19(20)25/h1-11H,12-13H2,(H,26,28)(H,27,29). The largest absolute Gasteiger partial charge is 0.489 e. The molecule has 0 radical (unpaired) electrons. The van der Waals surface area contributed by atoms with Gasteiger partial charge in [-0.05, 0) is 54.1 Å². The van der Waals surface area contributed by atoms with Gasteiger partial charge in [0.2, 0.25) is 0 Å². The first-order valence-corrected chi connectivity index (χ1v) is 9.43. The van der Waals surface area contributed by atoms with Crippen molar-refractivity contribution in [1.29, 1.82) is 0 Å². The highest BCUT2D eigenvalue weighted by Crippen LogP contribution is 2.18. The molecule has 0 saturated heterocycles. The van der Waals surface area contributed by atoms with Crippen molar-refractivity contribution in [3.05, 3.63) is 94.5 Å². The summed E-state index contributed by atoms with van der Waals surface area (Å²) in [4.78, 5) is 23.9. The molecule has 3 aromatic rings. The molecule has 9 heteroatoms. The molecule has 3 aromatic carbocycles. The SMILES string of the molecule is O=C(COc1ccc(F)cc1F)NNC(=O)c1ccc(COc2ccc(Cl)cc2)cc1. The summed E-state index contributed by atoms with van der Waals surface area (Å²) in [5.74, 6) is -2.58. The predicted molar refractivity (Wildman–Crippen MR) is 110 cm³/mol. The van der Waals surface area contributed by atoms with Gasteiger partial charge in [-0.1, -0.05) is 23.7 Å². The van der Waals surface area contributed by atoms with Gasteiger partial charge in [0.05, 0.1) is 0 Å². The molecule has 0 saturated carbocycles. The summed E-state index contributed by atoms with van der Waals surface area (Å²) in [5.41, 5.74) is 5.52. The Bertz CT molecular complexity index is 1060. The zero-order valence-corrected chi connectivity index (χ0v) is 16.8. The molecule has 160 valence electrons. The van der Waals surface area contributed by atoms with Gasteiger partial charge in [0.15, 0.2) is 18.2 Å². The highest BCUT2D eigenvalue weighted by molar-refractivity contribution is 6.30. The van der Waals surface area contributed by atoms with E-state index >= 15 is 0 Å². The Hall–Kier alpha value is -3.65. The summed E-state index contributed by atoms with van der Waals surface area (Å²) in [6.07, 6.45) is 0. The van der Waals surface area contributed by atoms with E-state index in [4.69, 9.17) is 21.1 Å². The number of hydrazine groups is 1. The van der Waals surface area contributed by atoms with Crippen LogP contribution in [0.1, 0.15) is 15.9 Å². The van der Waals surface area contributed by atoms with Crippen molar-refractivity contribution in [3.63, 3.8) is 0 Å². The number of rotatable bonds is 7. The molecule has 0 aliphatic carbocycles. The molecule has 0 heterocycles. The van der Waals surface area contributed by atoms with Crippen LogP contribution >= 0.6 is 11.6 Å². The highest BCUT2D eigenvalue weighted by atomic mass is 35.5. The molecule has 0 spiro atoms. The molecule has 0 fully saturated rings. The van der Waals surface area contributed by atoms with Crippen LogP contribution in [0.25, 0.3) is 0 Å². The Labute approximate surface area is 181 Å². The molecule has 6 nitrogen and oxygen atoms in total. The monoisotopic (exact) mass is 446 g/mol. The first-order valence-electron chi connectivity index (χ1n) is 9.05. The summed E-state index contributed by atoms with van der Waals surface area (Å²) in [6.45, 7) is -0.263. The van der Waals surface area contributed by atoms with E-state index in [1.165, 1.54) is 0 Å². The molecule has 31 heavy (non-hydrogen) atoms. The van der Waals surface area contributed by atoms with E-state index in [-0.39, 0.29) is 5.75 Å². The van der Waals surface area contributed by atoms with Crippen molar-refractivity contribution in [1.82, 2.24) is 10.9 Å². The average Bonchev–Trinajstić information content (AvgIpc) is 2.77. The summed E-state index contributed by atoms with van der Waals surface area (Å²) in [6, 6.07) is 16.2. The predicted octanol–water partition coefficient (Wildman–Crippen LogP) is 4.04. The van der Waals surface area contributed by atoms with Crippen LogP contribution < -0.4 is 20.3 Å². The third-order valence-electron chi connectivity index (χ3n) is 4.00. The number of carbonyl (C=O) groups is 2. The fourth-order valence-corrected chi connectivity index (χ4v) is 2.55. The van der Waals surface area contributed by atoms with Crippen molar-refractivity contribution in [3.8, 4) is 11.5 Å². The van der Waals surface area contributed by atoms with Gasteiger partial charge in [0, 0.05) is 16.7 Å². The Kier molecular flexibility index (Phi) is 7.40. The van der Waals surface area contributed by atoms with Gasteiger partial charge in [-0.15, -0.1) is 0 Å². The van der Waals surface area contributed by atoms with E-state index in [1.54, 1.807) is 48.5 Å². The zero-order chi connectivity index (χ0) is 22.2. The van der Waals surface area contributed by atoms with Gasteiger partial charge in [0.25, 0.3) is 11.8 Å². The minimum absolute atomic E-state index is 0.278. The second-order valence-electron chi connectivity index (χ2n) is 6.31. The smallest absolute Gasteiger partial charge is 0.276 e. The Morgan fingerprint density at radius 1 is 0.871 bits per heavy atom. The summed E-state index contributed by atoms with van der Waals surface area (Å²) in [7, 11) is 0. The first kappa shape index (κ1) is 22.0. The van der Waals surface area contributed by atoms with Crippen LogP contribution in [0.15, 0.2) is 66.7 Å². The lowest BCUT2D eigenvalue weighted by molar-refractivity contribution is -0.123. The van der Waals surface area contributed by atoms with Crippen LogP contribution in [0.3, 0.4) is 0 Å². The normalized spacial score (nSPS) is 10.3. The number of ether oxygens (including phenoxy) is 2. The number of carbonyl (C=O) groups excluding carboxylic acids is 2. The maximum absolute atomic E-state index is 13.5. The van der Waals surface area contributed by atoms with Crippen molar-refractivity contribution in [2.45, 2.75) is 6.61 Å². The molecule has 0 aliphatic heterocycles. The third kappa shape index (κ3) is 6.68. The number of hydrogen-bond donors (Lipinski definition) is 2. The van der Waals surface area contributed by atoms with E-state index in [9.17, 15) is 18.4 Å². The van der Waals surface area contributed by atoms with E-state index < -0.39 is 30.1 Å². The molecule has 0 aliphatic rings. The topological polar surface area (TPSA) is 76.7 Å². The first-order chi connectivity index (χ1) is 14.9. The Morgan fingerprint density at radius 3 is 2.26 bits per heavy atom. The van der Waals surface area contributed by atoms with Crippen LogP contribution in [0.4, 0.5) is 8.78 Å². The van der Waals surface area contributed by atoms with E-state index in [0.717, 1.165) is 17.7 Å². The quantitative estimate of drug-likeness (QED) is 0.537. The summed E-state index contributed by atoms with van der Waals surface area (Å²) < 4.78 is 36.9. The lowest BCUT2D eigenvalue weighted by Gasteiger charge is -2.10. The number of amides is 2. The van der Waals surface area contributed by atoms with Gasteiger partial charge in [0.1, 0.15) is 18.2 Å². The molecule has 0 atom stereocenters. The van der Waals surface area contributed by atoms with Crippen LogP contribution in [0.2, 0.25) is 5.02 Å². The Balaban J connectivity index is 1.43. The maximum Gasteiger partial charge on any atom is 0.276 e. The molecule has 0 bridgehead atoms. The fourth-order valence-electron chi connectivity index (χ4n) is 2.42. The zero-order valence-electron chi connectivity index (χ0n) is 16.0. The lowest BCUT2D eigenvalue weighted by atomic mass is 10.1. The second-order valence-corrected chi connectivity index (χ2v) is 6.74. The molecular formula is C22H17ClF2N2O4. The molecule has 2 N–H and O–H groups in total. The third-order valence-corrected chi connectivity index (χ3v) is 4.26. The van der Waals surface area contributed by atoms with E-state index in [2.05, 4.69) is 10.9 Å². The van der Waals surface area contributed by atoms with Gasteiger partial charge < -0.3 is 9.47 Å². The van der Waals surface area contributed by atoms with Crippen molar-refractivity contribution in [2.75, 3.05) is 6.61 Å². The number of benzene rings is 3. The van der Waals surface area contributed by atoms with Gasteiger partial charge in [-0.2, -0.15) is 0 Å². The number of halogens is 3. The highest BCUT2D eigenvalue weighted by Gasteiger charge is 2.10. The van der Waals surface area contributed by atoms with E-state index in [1.807, 2.05) is 0 Å². The van der Waals surface area contributed by atoms with Crippen LogP contribution in [-0.2, 0) is 11.4 Å². The maximum atomic E-state index is 13.5. The van der Waals surface area contributed by atoms with Gasteiger partial charge in [-0.3, -0.25) is 20.4 Å². The molecule has 0 aromatic heterocycles. The van der Waals surface area contributed by atoms with Crippen molar-refractivity contribution >= 4 is 23.4 Å². The van der Waals surface area contributed by atoms with Crippen LogP contribution in [0.5, 0.6) is 11.5 Å². The van der Waals surface area contributed by atoms with E-state index in [0.29, 0.717) is 29.0 Å². The lowest BCUT2D eigenvalue weighted by Crippen LogP contribution is -2.43.